The Kier molecular flexibility index (Phi) is 1220. The second-order valence-electron chi connectivity index (χ2n) is 0. The molecular formula is HCl6Ta-3. The third-order valence-electron chi connectivity index (χ3n) is 0. The molecule has 1 radical (unpaired) electrons. The maximum absolute atomic E-state index is 0. The first-order valence-corrected chi connectivity index (χ1v) is 0. The number of rotatable bonds is 0. The SMILES string of the molecule is Cl.[Cl-].[Cl-].[Cl-].[Cl-].[Cl-].[Ta+2]. The molecule has 0 aliphatic carbocycles. The minimum absolute atomic E-state index is 0. The summed E-state index contributed by atoms with van der Waals surface area (Å²) in [6.07, 6.45) is 0. The molecule has 7 heteroatoms. The van der Waals surface area contributed by atoms with Crippen LogP contribution in [0.1, 0.15) is 0 Å². The van der Waals surface area contributed by atoms with Gasteiger partial charge in [-0.2, -0.15) is 0 Å². The molecule has 0 fully saturated rings. The molecule has 0 nitrogen and oxygen atoms in total. The van der Waals surface area contributed by atoms with Gasteiger partial charge in [-0.25, -0.2) is 0 Å². The van der Waals surface area contributed by atoms with Crippen molar-refractivity contribution in [2.75, 3.05) is 0 Å². The first-order chi connectivity index (χ1) is 0. The Hall–Kier alpha value is 2.48. The second-order valence-corrected chi connectivity index (χ2v) is 0. The van der Waals surface area contributed by atoms with Gasteiger partial charge in [-0.1, -0.05) is 0 Å². The van der Waals surface area contributed by atoms with Crippen molar-refractivity contribution < 1.29 is 84.4 Å². The van der Waals surface area contributed by atoms with Gasteiger partial charge in [0.05, 0.1) is 0 Å². The van der Waals surface area contributed by atoms with Gasteiger partial charge >= 0.3 is 22.4 Å². The summed E-state index contributed by atoms with van der Waals surface area (Å²) in [7, 11) is 0. The molecule has 0 aromatic rings. The third-order valence-corrected chi connectivity index (χ3v) is 0. The summed E-state index contributed by atoms with van der Waals surface area (Å²) >= 11 is 0. The molecule has 0 saturated heterocycles. The minimum Gasteiger partial charge on any atom is -1.00 e. The average molecular weight is 395 g/mol. The maximum Gasteiger partial charge on any atom is 2.00 e. The molecule has 51 valence electrons. The van der Waals surface area contributed by atoms with Crippen LogP contribution < -0.4 is 62.0 Å². The smallest absolute Gasteiger partial charge is 1.00 e. The summed E-state index contributed by atoms with van der Waals surface area (Å²) in [6, 6.07) is 0. The van der Waals surface area contributed by atoms with Gasteiger partial charge in [-0.05, 0) is 0 Å². The zero-order valence-corrected chi connectivity index (χ0v) is 10.6. The van der Waals surface area contributed by atoms with Gasteiger partial charge in [-0.3, -0.25) is 0 Å². The maximum atomic E-state index is 0. The van der Waals surface area contributed by atoms with Crippen LogP contribution in [0.3, 0.4) is 0 Å². The molecule has 7 heavy (non-hydrogen) atoms. The summed E-state index contributed by atoms with van der Waals surface area (Å²) < 4.78 is 0. The van der Waals surface area contributed by atoms with Gasteiger partial charge in [0.25, 0.3) is 0 Å². The van der Waals surface area contributed by atoms with E-state index in [0.29, 0.717) is 0 Å². The average Bonchev–Trinajstić information content (AvgIpc) is 0. The Morgan fingerprint density at radius 1 is 0.429 bits per heavy atom. The molecule has 0 aliphatic heterocycles. The van der Waals surface area contributed by atoms with Gasteiger partial charge in [0.1, 0.15) is 0 Å². The molecule has 0 spiro atoms. The largest absolute Gasteiger partial charge is 2.00 e. The number of hydrogen-bond donors (Lipinski definition) is 0. The third kappa shape index (κ3) is 57.9. The van der Waals surface area contributed by atoms with Crippen molar-refractivity contribution in [3.8, 4) is 0 Å². The van der Waals surface area contributed by atoms with Gasteiger partial charge in [-0.15, -0.1) is 12.4 Å². The molecule has 0 aliphatic rings. The van der Waals surface area contributed by atoms with E-state index in [-0.39, 0.29) is 96.8 Å². The molecular weight excluding hydrogens is 394 g/mol. The Balaban J connectivity index is 0. The van der Waals surface area contributed by atoms with Crippen LogP contribution in [0, 0.1) is 0 Å². The topological polar surface area (TPSA) is 0 Å². The molecule has 0 rings (SSSR count). The van der Waals surface area contributed by atoms with Gasteiger partial charge in [0, 0.05) is 0 Å². The van der Waals surface area contributed by atoms with E-state index in [1.165, 1.54) is 0 Å². The molecule has 0 saturated carbocycles. The van der Waals surface area contributed by atoms with E-state index in [9.17, 15) is 0 Å². The standard InChI is InChI=1S/6ClH.Ta/h6*1H;/q;;;;;;+2/p-5. The second kappa shape index (κ2) is 77.1. The molecule has 0 aromatic heterocycles. The summed E-state index contributed by atoms with van der Waals surface area (Å²) in [6.45, 7) is 0. The van der Waals surface area contributed by atoms with Crippen LogP contribution in [0.2, 0.25) is 0 Å². The quantitative estimate of drug-likeness (QED) is 0.383. The molecule has 0 bridgehead atoms. The monoisotopic (exact) mass is 392 g/mol. The van der Waals surface area contributed by atoms with E-state index >= 15 is 0 Å². The van der Waals surface area contributed by atoms with Crippen molar-refractivity contribution in [1.29, 1.82) is 0 Å². The predicted molar refractivity (Wildman–Crippen MR) is 7.25 cm³/mol. The first-order valence-electron chi connectivity index (χ1n) is 0. The molecule has 0 atom stereocenters. The summed E-state index contributed by atoms with van der Waals surface area (Å²) in [5.74, 6) is 0. The molecule has 0 aromatic carbocycles. The number of hydrogen-bond acceptors (Lipinski definition) is 0. The van der Waals surface area contributed by atoms with Crippen LogP contribution in [0.4, 0.5) is 0 Å². The fourth-order valence-corrected chi connectivity index (χ4v) is 0. The van der Waals surface area contributed by atoms with Gasteiger partial charge in [0.15, 0.2) is 0 Å². The van der Waals surface area contributed by atoms with Crippen molar-refractivity contribution in [3.63, 3.8) is 0 Å². The van der Waals surface area contributed by atoms with Crippen LogP contribution in [-0.4, -0.2) is 0 Å². The van der Waals surface area contributed by atoms with Crippen LogP contribution in [0.5, 0.6) is 0 Å². The van der Waals surface area contributed by atoms with E-state index in [4.69, 9.17) is 0 Å². The van der Waals surface area contributed by atoms with E-state index in [2.05, 4.69) is 0 Å². The summed E-state index contributed by atoms with van der Waals surface area (Å²) in [5, 5.41) is 0. The Labute approximate surface area is 95.9 Å². The van der Waals surface area contributed by atoms with Crippen molar-refractivity contribution in [3.05, 3.63) is 0 Å². The van der Waals surface area contributed by atoms with E-state index in [0.717, 1.165) is 0 Å². The van der Waals surface area contributed by atoms with Gasteiger partial charge < -0.3 is 62.0 Å². The zero-order chi connectivity index (χ0) is 0. The van der Waals surface area contributed by atoms with E-state index in [1.807, 2.05) is 0 Å². The van der Waals surface area contributed by atoms with Crippen molar-refractivity contribution >= 4 is 12.4 Å². The van der Waals surface area contributed by atoms with E-state index < -0.39 is 0 Å². The van der Waals surface area contributed by atoms with Crippen LogP contribution in [0.15, 0.2) is 0 Å². The van der Waals surface area contributed by atoms with Crippen molar-refractivity contribution in [1.82, 2.24) is 0 Å². The fraction of sp³-hybridized carbons (Fsp3) is 0. The van der Waals surface area contributed by atoms with Crippen molar-refractivity contribution in [2.24, 2.45) is 0 Å². The fourth-order valence-electron chi connectivity index (χ4n) is 0. The summed E-state index contributed by atoms with van der Waals surface area (Å²) in [5.41, 5.74) is 0. The summed E-state index contributed by atoms with van der Waals surface area (Å²) in [4.78, 5) is 0. The minimum atomic E-state index is 0. The first kappa shape index (κ1) is 111. The zero-order valence-electron chi connectivity index (χ0n) is 2.75. The van der Waals surface area contributed by atoms with E-state index in [1.54, 1.807) is 0 Å². The molecule has 0 amide bonds. The van der Waals surface area contributed by atoms with Crippen molar-refractivity contribution in [2.45, 2.75) is 0 Å². The van der Waals surface area contributed by atoms with Crippen LogP contribution in [-0.2, 0) is 22.4 Å². The molecule has 0 N–H and O–H groups in total. The Morgan fingerprint density at radius 3 is 0.429 bits per heavy atom. The Morgan fingerprint density at radius 2 is 0.429 bits per heavy atom. The van der Waals surface area contributed by atoms with Crippen LogP contribution in [0.25, 0.3) is 0 Å². The Bertz CT molecular complexity index is 4.14. The molecule has 0 heterocycles. The van der Waals surface area contributed by atoms with Gasteiger partial charge in [0.2, 0.25) is 0 Å². The molecule has 0 unspecified atom stereocenters. The number of halogens is 6. The normalized spacial score (nSPS) is 0. The van der Waals surface area contributed by atoms with Crippen LogP contribution >= 0.6 is 12.4 Å². The predicted octanol–water partition coefficient (Wildman–Crippen LogP) is -14.6.